The summed E-state index contributed by atoms with van der Waals surface area (Å²) in [4.78, 5) is 35.7. The highest BCUT2D eigenvalue weighted by molar-refractivity contribution is 5.81. The molecule has 4 heterocycles. The Kier molecular flexibility index (Phi) is 6.77. The first-order valence-corrected chi connectivity index (χ1v) is 11.1. The van der Waals surface area contributed by atoms with Crippen LogP contribution in [0.3, 0.4) is 0 Å². The van der Waals surface area contributed by atoms with Gasteiger partial charge in [-0.2, -0.15) is 0 Å². The van der Waals surface area contributed by atoms with E-state index in [1.807, 2.05) is 17.3 Å². The van der Waals surface area contributed by atoms with Crippen LogP contribution in [-0.4, -0.2) is 83.4 Å². The molecule has 29 heavy (non-hydrogen) atoms. The molecule has 0 aliphatic carbocycles. The van der Waals surface area contributed by atoms with Gasteiger partial charge in [-0.25, -0.2) is 0 Å². The molecule has 7 nitrogen and oxygen atoms in total. The summed E-state index contributed by atoms with van der Waals surface area (Å²) in [6.07, 6.45) is 8.58. The fraction of sp³-hybridized carbons (Fsp3) is 0.682. The van der Waals surface area contributed by atoms with Crippen LogP contribution in [0.15, 0.2) is 24.5 Å². The normalized spacial score (nSPS) is 25.4. The molecule has 1 atom stereocenters. The van der Waals surface area contributed by atoms with Crippen molar-refractivity contribution >= 4 is 11.8 Å². The summed E-state index contributed by atoms with van der Waals surface area (Å²) in [5.41, 5.74) is 1.33. The average molecular weight is 400 g/mol. The number of aromatic nitrogens is 1. The maximum atomic E-state index is 13.0. The predicted molar refractivity (Wildman–Crippen MR) is 111 cm³/mol. The van der Waals surface area contributed by atoms with Gasteiger partial charge >= 0.3 is 0 Å². The first kappa shape index (κ1) is 20.3. The molecule has 4 rings (SSSR count). The minimum absolute atomic E-state index is 0.0593. The second-order valence-corrected chi connectivity index (χ2v) is 8.62. The van der Waals surface area contributed by atoms with Crippen LogP contribution in [0.1, 0.15) is 37.7 Å². The van der Waals surface area contributed by atoms with Crippen LogP contribution < -0.4 is 5.32 Å². The third-order valence-electron chi connectivity index (χ3n) is 6.66. The molecule has 3 fully saturated rings. The Bertz CT molecular complexity index is 690. The van der Waals surface area contributed by atoms with E-state index in [1.54, 1.807) is 0 Å². The third-order valence-corrected chi connectivity index (χ3v) is 6.66. The average Bonchev–Trinajstić information content (AvgIpc) is 2.99. The van der Waals surface area contributed by atoms with Gasteiger partial charge in [0.1, 0.15) is 0 Å². The Morgan fingerprint density at radius 3 is 2.66 bits per heavy atom. The van der Waals surface area contributed by atoms with Gasteiger partial charge in [0, 0.05) is 57.6 Å². The van der Waals surface area contributed by atoms with Gasteiger partial charge in [0.15, 0.2) is 0 Å². The number of nitrogens with one attached hydrogen (secondary N) is 1. The van der Waals surface area contributed by atoms with Crippen molar-refractivity contribution in [3.05, 3.63) is 30.1 Å². The number of likely N-dealkylation sites (tertiary alicyclic amines) is 2. The summed E-state index contributed by atoms with van der Waals surface area (Å²) in [6.45, 7) is 7.01. The van der Waals surface area contributed by atoms with Crippen LogP contribution in [0.5, 0.6) is 0 Å². The van der Waals surface area contributed by atoms with Gasteiger partial charge in [-0.3, -0.25) is 24.4 Å². The van der Waals surface area contributed by atoms with E-state index < -0.39 is 0 Å². The fourth-order valence-corrected chi connectivity index (χ4v) is 4.97. The van der Waals surface area contributed by atoms with E-state index in [0.29, 0.717) is 32.1 Å². The van der Waals surface area contributed by atoms with E-state index in [2.05, 4.69) is 32.2 Å². The van der Waals surface area contributed by atoms with Crippen molar-refractivity contribution in [2.75, 3.05) is 45.8 Å². The summed E-state index contributed by atoms with van der Waals surface area (Å²) in [6, 6.07) is 4.78. The van der Waals surface area contributed by atoms with Crippen molar-refractivity contribution in [3.8, 4) is 0 Å². The highest BCUT2D eigenvalue weighted by atomic mass is 16.2. The van der Waals surface area contributed by atoms with Crippen molar-refractivity contribution in [2.45, 2.75) is 44.7 Å². The van der Waals surface area contributed by atoms with E-state index in [4.69, 9.17) is 0 Å². The number of amides is 2. The maximum absolute atomic E-state index is 13.0. The van der Waals surface area contributed by atoms with Crippen LogP contribution >= 0.6 is 0 Å². The first-order chi connectivity index (χ1) is 14.2. The number of carbonyl (C=O) groups excluding carboxylic acids is 2. The molecular formula is C22H33N5O2. The lowest BCUT2D eigenvalue weighted by Crippen LogP contribution is -2.51. The van der Waals surface area contributed by atoms with E-state index in [9.17, 15) is 9.59 Å². The lowest BCUT2D eigenvalue weighted by molar-refractivity contribution is -0.137. The molecule has 2 amide bonds. The van der Waals surface area contributed by atoms with Gasteiger partial charge in [-0.05, 0) is 63.0 Å². The van der Waals surface area contributed by atoms with Crippen molar-refractivity contribution in [3.63, 3.8) is 0 Å². The molecule has 0 aromatic carbocycles. The Morgan fingerprint density at radius 1 is 1.07 bits per heavy atom. The molecule has 0 radical (unpaired) electrons. The minimum Gasteiger partial charge on any atom is -0.354 e. The molecule has 0 saturated carbocycles. The molecule has 0 spiro atoms. The van der Waals surface area contributed by atoms with Gasteiger partial charge < -0.3 is 10.2 Å². The molecule has 0 unspecified atom stereocenters. The molecule has 0 bridgehead atoms. The second kappa shape index (κ2) is 9.67. The molecule has 1 aromatic heterocycles. The van der Waals surface area contributed by atoms with E-state index in [-0.39, 0.29) is 17.7 Å². The zero-order valence-electron chi connectivity index (χ0n) is 17.3. The number of pyridine rings is 1. The van der Waals surface area contributed by atoms with Crippen molar-refractivity contribution in [1.82, 2.24) is 25.0 Å². The summed E-state index contributed by atoms with van der Waals surface area (Å²) < 4.78 is 0. The van der Waals surface area contributed by atoms with Gasteiger partial charge in [0.2, 0.25) is 11.8 Å². The number of rotatable bonds is 4. The summed E-state index contributed by atoms with van der Waals surface area (Å²) >= 11 is 0. The van der Waals surface area contributed by atoms with Crippen LogP contribution in [0.25, 0.3) is 0 Å². The highest BCUT2D eigenvalue weighted by Crippen LogP contribution is 2.26. The minimum atomic E-state index is 0.0593. The molecule has 1 N–H and O–H groups in total. The monoisotopic (exact) mass is 399 g/mol. The number of piperidine rings is 2. The van der Waals surface area contributed by atoms with Gasteiger partial charge in [0.25, 0.3) is 0 Å². The molecule has 1 aromatic rings. The summed E-state index contributed by atoms with van der Waals surface area (Å²) in [5.74, 6) is 0.400. The zero-order valence-corrected chi connectivity index (χ0v) is 17.3. The Hall–Kier alpha value is -1.99. The molecule has 3 aliphatic heterocycles. The third kappa shape index (κ3) is 5.34. The highest BCUT2D eigenvalue weighted by Gasteiger charge is 2.33. The SMILES string of the molecule is O=C1CCN(C(=O)[C@H]2CCCN(C3CCN(Cc4ccncc4)CC3)C2)CCN1. The van der Waals surface area contributed by atoms with Crippen LogP contribution in [-0.2, 0) is 16.1 Å². The Labute approximate surface area is 173 Å². The standard InChI is InChI=1S/C22H33N5O2/c28-21-7-14-26(15-10-24-21)22(29)19-2-1-11-27(17-19)20-5-12-25(13-6-20)16-18-3-8-23-9-4-18/h3-4,8-9,19-20H,1-2,5-7,10-17H2,(H,24,28)/t19-/m0/s1. The lowest BCUT2D eigenvalue weighted by atomic mass is 9.92. The molecule has 158 valence electrons. The van der Waals surface area contributed by atoms with Crippen LogP contribution in [0.4, 0.5) is 0 Å². The predicted octanol–water partition coefficient (Wildman–Crippen LogP) is 1.11. The van der Waals surface area contributed by atoms with E-state index >= 15 is 0 Å². The lowest BCUT2D eigenvalue weighted by Gasteiger charge is -2.42. The van der Waals surface area contributed by atoms with Crippen LogP contribution in [0, 0.1) is 5.92 Å². The zero-order chi connectivity index (χ0) is 20.1. The second-order valence-electron chi connectivity index (χ2n) is 8.62. The van der Waals surface area contributed by atoms with Gasteiger partial charge in [0.05, 0.1) is 5.92 Å². The van der Waals surface area contributed by atoms with Crippen molar-refractivity contribution in [2.24, 2.45) is 5.92 Å². The Morgan fingerprint density at radius 2 is 1.86 bits per heavy atom. The smallest absolute Gasteiger partial charge is 0.227 e. The van der Waals surface area contributed by atoms with Crippen molar-refractivity contribution in [1.29, 1.82) is 0 Å². The molecular weight excluding hydrogens is 366 g/mol. The summed E-state index contributed by atoms with van der Waals surface area (Å²) in [5, 5.41) is 2.86. The molecule has 3 aliphatic rings. The largest absolute Gasteiger partial charge is 0.354 e. The number of hydrogen-bond acceptors (Lipinski definition) is 5. The first-order valence-electron chi connectivity index (χ1n) is 11.1. The van der Waals surface area contributed by atoms with Crippen molar-refractivity contribution < 1.29 is 9.59 Å². The van der Waals surface area contributed by atoms with Gasteiger partial charge in [-0.15, -0.1) is 0 Å². The molecule has 3 saturated heterocycles. The topological polar surface area (TPSA) is 68.8 Å². The quantitative estimate of drug-likeness (QED) is 0.821. The Balaban J connectivity index is 1.26. The maximum Gasteiger partial charge on any atom is 0.227 e. The number of hydrogen-bond donors (Lipinski definition) is 1. The number of carbonyl (C=O) groups is 2. The summed E-state index contributed by atoms with van der Waals surface area (Å²) in [7, 11) is 0. The van der Waals surface area contributed by atoms with E-state index in [1.165, 1.54) is 18.4 Å². The number of nitrogens with zero attached hydrogens (tertiary/aromatic N) is 4. The molecule has 7 heteroatoms. The van der Waals surface area contributed by atoms with Crippen LogP contribution in [0.2, 0.25) is 0 Å². The van der Waals surface area contributed by atoms with E-state index in [0.717, 1.165) is 45.6 Å². The fourth-order valence-electron chi connectivity index (χ4n) is 4.97. The van der Waals surface area contributed by atoms with Gasteiger partial charge in [-0.1, -0.05) is 0 Å².